The van der Waals surface area contributed by atoms with Crippen molar-refractivity contribution >= 4 is 23.2 Å². The number of nitrogens with zero attached hydrogens (tertiary/aromatic N) is 2. The lowest BCUT2D eigenvalue weighted by Gasteiger charge is -2.19. The molecule has 20 heavy (non-hydrogen) atoms. The summed E-state index contributed by atoms with van der Waals surface area (Å²) in [4.78, 5) is 26.1. The molecule has 0 radical (unpaired) electrons. The highest BCUT2D eigenvalue weighted by atomic mass is 35.5. The molecule has 0 aromatic carbocycles. The van der Waals surface area contributed by atoms with E-state index in [-0.39, 0.29) is 34.7 Å². The molecule has 8 heteroatoms. The van der Waals surface area contributed by atoms with Gasteiger partial charge in [-0.15, -0.1) is 0 Å². The maximum absolute atomic E-state index is 12.2. The lowest BCUT2D eigenvalue weighted by atomic mass is 9.95. The normalized spacial score (nSPS) is 27.6. The van der Waals surface area contributed by atoms with Crippen molar-refractivity contribution in [3.63, 3.8) is 0 Å². The van der Waals surface area contributed by atoms with Crippen molar-refractivity contribution in [1.29, 1.82) is 0 Å². The molecule has 2 saturated heterocycles. The third-order valence-corrected chi connectivity index (χ3v) is 3.92. The van der Waals surface area contributed by atoms with E-state index in [1.165, 1.54) is 6.07 Å². The summed E-state index contributed by atoms with van der Waals surface area (Å²) >= 11 is 5.71. The number of nitrogens with one attached hydrogen (secondary N) is 1. The number of carbonyl (C=O) groups is 1. The van der Waals surface area contributed by atoms with Crippen LogP contribution >= 0.6 is 11.6 Å². The SMILES string of the molecule is O=C(NC1CC2CCC1O2)c1cc(Cl)ncc1[N+](=O)[O-]. The van der Waals surface area contributed by atoms with Gasteiger partial charge in [-0.3, -0.25) is 14.9 Å². The van der Waals surface area contributed by atoms with Crippen LogP contribution in [0, 0.1) is 10.1 Å². The van der Waals surface area contributed by atoms with Crippen molar-refractivity contribution in [2.45, 2.75) is 37.5 Å². The van der Waals surface area contributed by atoms with Crippen LogP contribution in [0.5, 0.6) is 0 Å². The third-order valence-electron chi connectivity index (χ3n) is 3.71. The van der Waals surface area contributed by atoms with Gasteiger partial charge in [-0.05, 0) is 25.3 Å². The molecule has 106 valence electrons. The van der Waals surface area contributed by atoms with E-state index in [0.717, 1.165) is 25.5 Å². The maximum Gasteiger partial charge on any atom is 0.300 e. The quantitative estimate of drug-likeness (QED) is 0.520. The standard InChI is InChI=1S/C12H12ClN3O4/c13-11-4-7(9(5-14-11)16(18)19)12(17)15-8-3-6-1-2-10(8)20-6/h4-6,8,10H,1-3H2,(H,15,17). The molecule has 2 bridgehead atoms. The Hall–Kier alpha value is -1.73. The molecular formula is C12H12ClN3O4. The van der Waals surface area contributed by atoms with Gasteiger partial charge >= 0.3 is 0 Å². The fourth-order valence-electron chi connectivity index (χ4n) is 2.79. The van der Waals surface area contributed by atoms with Gasteiger partial charge in [0.15, 0.2) is 0 Å². The Morgan fingerprint density at radius 1 is 1.55 bits per heavy atom. The average molecular weight is 298 g/mol. The molecular weight excluding hydrogens is 286 g/mol. The highest BCUT2D eigenvalue weighted by Crippen LogP contribution is 2.34. The van der Waals surface area contributed by atoms with Gasteiger partial charge in [0, 0.05) is 0 Å². The van der Waals surface area contributed by atoms with E-state index in [1.807, 2.05) is 0 Å². The van der Waals surface area contributed by atoms with Gasteiger partial charge in [0.25, 0.3) is 11.6 Å². The number of ether oxygens (including phenoxy) is 1. The molecule has 7 nitrogen and oxygen atoms in total. The molecule has 1 aromatic heterocycles. The Balaban J connectivity index is 1.80. The number of nitro groups is 1. The average Bonchev–Trinajstić information content (AvgIpc) is 3.00. The first kappa shape index (κ1) is 13.3. The minimum atomic E-state index is -0.643. The molecule has 3 unspecified atom stereocenters. The van der Waals surface area contributed by atoms with Crippen molar-refractivity contribution in [2.75, 3.05) is 0 Å². The Kier molecular flexibility index (Phi) is 3.31. The van der Waals surface area contributed by atoms with Crippen LogP contribution in [-0.4, -0.2) is 34.1 Å². The molecule has 0 spiro atoms. The minimum absolute atomic E-state index is 0.0142. The largest absolute Gasteiger partial charge is 0.373 e. The Labute approximate surface area is 119 Å². The van der Waals surface area contributed by atoms with Crippen molar-refractivity contribution in [3.05, 3.63) is 33.1 Å². The van der Waals surface area contributed by atoms with E-state index in [4.69, 9.17) is 16.3 Å². The number of aromatic nitrogens is 1. The van der Waals surface area contributed by atoms with E-state index in [1.54, 1.807) is 0 Å². The molecule has 3 heterocycles. The molecule has 1 amide bonds. The van der Waals surface area contributed by atoms with Crippen LogP contribution in [0.2, 0.25) is 5.15 Å². The second-order valence-corrected chi connectivity index (χ2v) is 5.36. The summed E-state index contributed by atoms with van der Waals surface area (Å²) in [5.41, 5.74) is -0.422. The first-order chi connectivity index (χ1) is 9.54. The predicted octanol–water partition coefficient (Wildman–Crippen LogP) is 1.69. The molecule has 2 aliphatic heterocycles. The topological polar surface area (TPSA) is 94.4 Å². The van der Waals surface area contributed by atoms with E-state index in [9.17, 15) is 14.9 Å². The van der Waals surface area contributed by atoms with Crippen molar-refractivity contribution in [1.82, 2.24) is 10.3 Å². The van der Waals surface area contributed by atoms with Gasteiger partial charge in [0.1, 0.15) is 16.9 Å². The summed E-state index contributed by atoms with van der Waals surface area (Å²) in [7, 11) is 0. The summed E-state index contributed by atoms with van der Waals surface area (Å²) in [5.74, 6) is -0.512. The molecule has 0 saturated carbocycles. The molecule has 1 aromatic rings. The zero-order valence-electron chi connectivity index (χ0n) is 10.4. The number of carbonyl (C=O) groups excluding carboxylic acids is 1. The minimum Gasteiger partial charge on any atom is -0.373 e. The Morgan fingerprint density at radius 3 is 2.95 bits per heavy atom. The van der Waals surface area contributed by atoms with E-state index in [0.29, 0.717) is 0 Å². The lowest BCUT2D eigenvalue weighted by molar-refractivity contribution is -0.385. The van der Waals surface area contributed by atoms with E-state index >= 15 is 0 Å². The van der Waals surface area contributed by atoms with Crippen LogP contribution in [0.4, 0.5) is 5.69 Å². The van der Waals surface area contributed by atoms with Crippen molar-refractivity contribution in [3.8, 4) is 0 Å². The summed E-state index contributed by atoms with van der Waals surface area (Å²) in [6.07, 6.45) is 3.88. The van der Waals surface area contributed by atoms with Crippen LogP contribution < -0.4 is 5.32 Å². The highest BCUT2D eigenvalue weighted by Gasteiger charge is 2.41. The van der Waals surface area contributed by atoms with Gasteiger partial charge in [-0.25, -0.2) is 4.98 Å². The molecule has 1 N–H and O–H groups in total. The smallest absolute Gasteiger partial charge is 0.300 e. The maximum atomic E-state index is 12.2. The fraction of sp³-hybridized carbons (Fsp3) is 0.500. The second-order valence-electron chi connectivity index (χ2n) is 4.97. The summed E-state index contributed by atoms with van der Waals surface area (Å²) < 4.78 is 5.64. The number of amides is 1. The summed E-state index contributed by atoms with van der Waals surface area (Å²) in [6, 6.07) is 1.12. The van der Waals surface area contributed by atoms with Gasteiger partial charge < -0.3 is 10.1 Å². The lowest BCUT2D eigenvalue weighted by Crippen LogP contribution is -2.41. The number of halogens is 1. The molecule has 3 rings (SSSR count). The first-order valence-corrected chi connectivity index (χ1v) is 6.68. The van der Waals surface area contributed by atoms with Crippen LogP contribution in [0.15, 0.2) is 12.3 Å². The first-order valence-electron chi connectivity index (χ1n) is 6.31. The van der Waals surface area contributed by atoms with Crippen LogP contribution in [-0.2, 0) is 4.74 Å². The fourth-order valence-corrected chi connectivity index (χ4v) is 2.94. The van der Waals surface area contributed by atoms with Crippen molar-refractivity contribution in [2.24, 2.45) is 0 Å². The van der Waals surface area contributed by atoms with E-state index in [2.05, 4.69) is 10.3 Å². The molecule has 0 aliphatic carbocycles. The van der Waals surface area contributed by atoms with Crippen LogP contribution in [0.1, 0.15) is 29.6 Å². The Morgan fingerprint density at radius 2 is 2.35 bits per heavy atom. The predicted molar refractivity (Wildman–Crippen MR) is 69.7 cm³/mol. The summed E-state index contributed by atoms with van der Waals surface area (Å²) in [6.45, 7) is 0. The number of hydrogen-bond acceptors (Lipinski definition) is 5. The van der Waals surface area contributed by atoms with Gasteiger partial charge in [-0.2, -0.15) is 0 Å². The molecule has 2 fully saturated rings. The van der Waals surface area contributed by atoms with Gasteiger partial charge in [0.2, 0.25) is 0 Å². The van der Waals surface area contributed by atoms with Crippen LogP contribution in [0.3, 0.4) is 0 Å². The molecule has 2 aliphatic rings. The van der Waals surface area contributed by atoms with Crippen molar-refractivity contribution < 1.29 is 14.5 Å². The van der Waals surface area contributed by atoms with Gasteiger partial charge in [-0.1, -0.05) is 11.6 Å². The number of fused-ring (bicyclic) bond motifs is 2. The second kappa shape index (κ2) is 4.99. The molecule has 3 atom stereocenters. The Bertz CT molecular complexity index is 580. The summed E-state index contributed by atoms with van der Waals surface area (Å²) in [5, 5.41) is 13.8. The third kappa shape index (κ3) is 2.34. The van der Waals surface area contributed by atoms with Gasteiger partial charge in [0.05, 0.1) is 23.2 Å². The number of hydrogen-bond donors (Lipinski definition) is 1. The van der Waals surface area contributed by atoms with E-state index < -0.39 is 10.8 Å². The zero-order chi connectivity index (χ0) is 14.3. The highest BCUT2D eigenvalue weighted by molar-refractivity contribution is 6.29. The number of pyridine rings is 1. The monoisotopic (exact) mass is 297 g/mol. The zero-order valence-corrected chi connectivity index (χ0v) is 11.2. The van der Waals surface area contributed by atoms with Crippen LogP contribution in [0.25, 0.3) is 0 Å². The number of rotatable bonds is 3.